The number of hydrogen-bond acceptors (Lipinski definition) is 1. The minimum Gasteiger partial charge on any atom is -0.389 e. The van der Waals surface area contributed by atoms with E-state index < -0.39 is 0 Å². The molecule has 0 aromatic carbocycles. The van der Waals surface area contributed by atoms with E-state index in [9.17, 15) is 5.11 Å². The zero-order chi connectivity index (χ0) is 17.9. The first-order chi connectivity index (χ1) is 11.5. The van der Waals surface area contributed by atoms with E-state index >= 15 is 0 Å². The van der Waals surface area contributed by atoms with Gasteiger partial charge in [0.15, 0.2) is 0 Å². The second-order valence-electron chi connectivity index (χ2n) is 8.44. The summed E-state index contributed by atoms with van der Waals surface area (Å²) in [6, 6.07) is 0. The summed E-state index contributed by atoms with van der Waals surface area (Å²) in [5.41, 5.74) is 1.48. The normalized spacial score (nSPS) is 26.6. The van der Waals surface area contributed by atoms with Gasteiger partial charge in [-0.3, -0.25) is 0 Å². The molecule has 1 heteroatoms. The molecule has 1 aliphatic rings. The van der Waals surface area contributed by atoms with Crippen molar-refractivity contribution in [2.24, 2.45) is 23.7 Å². The summed E-state index contributed by atoms with van der Waals surface area (Å²) in [4.78, 5) is 0. The fourth-order valence-electron chi connectivity index (χ4n) is 4.40. The molecule has 4 atom stereocenters. The van der Waals surface area contributed by atoms with E-state index in [-0.39, 0.29) is 6.10 Å². The van der Waals surface area contributed by atoms with Gasteiger partial charge in [0, 0.05) is 0 Å². The molecule has 1 fully saturated rings. The average Bonchev–Trinajstić information content (AvgIpc) is 2.54. The Balaban J connectivity index is 2.76. The van der Waals surface area contributed by atoms with Crippen LogP contribution < -0.4 is 0 Å². The summed E-state index contributed by atoms with van der Waals surface area (Å²) in [6.45, 7) is 13.1. The molecule has 0 saturated heterocycles. The molecule has 0 radical (unpaired) electrons. The summed E-state index contributed by atoms with van der Waals surface area (Å²) in [5.74, 6) is 2.57. The third-order valence-corrected chi connectivity index (χ3v) is 5.93. The van der Waals surface area contributed by atoms with E-state index in [4.69, 9.17) is 0 Å². The van der Waals surface area contributed by atoms with E-state index in [1.807, 2.05) is 6.08 Å². The van der Waals surface area contributed by atoms with Crippen LogP contribution in [0.1, 0.15) is 91.9 Å². The Labute approximate surface area is 151 Å². The Kier molecular flexibility index (Phi) is 10.7. The van der Waals surface area contributed by atoms with Crippen molar-refractivity contribution in [1.82, 2.24) is 0 Å². The molecule has 0 bridgehead atoms. The lowest BCUT2D eigenvalue weighted by Gasteiger charge is -2.39. The molecule has 1 aliphatic carbocycles. The number of aliphatic hydroxyl groups is 1. The topological polar surface area (TPSA) is 20.2 Å². The molecule has 0 aromatic heterocycles. The highest BCUT2D eigenvalue weighted by atomic mass is 16.3. The van der Waals surface area contributed by atoms with Gasteiger partial charge in [-0.25, -0.2) is 0 Å². The monoisotopic (exact) mass is 334 g/mol. The van der Waals surface area contributed by atoms with Crippen molar-refractivity contribution < 1.29 is 5.11 Å². The lowest BCUT2D eigenvalue weighted by Crippen LogP contribution is -2.35. The van der Waals surface area contributed by atoms with Gasteiger partial charge in [-0.1, -0.05) is 64.7 Å². The Hall–Kier alpha value is -0.560. The largest absolute Gasteiger partial charge is 0.389 e. The summed E-state index contributed by atoms with van der Waals surface area (Å²) >= 11 is 0. The number of aliphatic hydroxyl groups excluding tert-OH is 1. The second-order valence-corrected chi connectivity index (χ2v) is 8.44. The van der Waals surface area contributed by atoms with Crippen molar-refractivity contribution in [3.05, 3.63) is 24.3 Å². The van der Waals surface area contributed by atoms with Crippen LogP contribution >= 0.6 is 0 Å². The molecule has 1 nitrogen and oxygen atoms in total. The van der Waals surface area contributed by atoms with E-state index in [0.29, 0.717) is 17.8 Å². The Morgan fingerprint density at radius 1 is 1.12 bits per heavy atom. The smallest absolute Gasteiger partial charge is 0.0754 e. The lowest BCUT2D eigenvalue weighted by molar-refractivity contribution is 0.0421. The van der Waals surface area contributed by atoms with E-state index in [1.54, 1.807) is 0 Å². The predicted molar refractivity (Wildman–Crippen MR) is 107 cm³/mol. The highest BCUT2D eigenvalue weighted by Crippen LogP contribution is 2.40. The fourth-order valence-corrected chi connectivity index (χ4v) is 4.40. The number of allylic oxidation sites excluding steroid dienone is 2. The van der Waals surface area contributed by atoms with Gasteiger partial charge >= 0.3 is 0 Å². The van der Waals surface area contributed by atoms with E-state index in [0.717, 1.165) is 25.2 Å². The maximum absolute atomic E-state index is 11.0. The van der Waals surface area contributed by atoms with Crippen LogP contribution in [-0.2, 0) is 0 Å². The van der Waals surface area contributed by atoms with Gasteiger partial charge in [0.2, 0.25) is 0 Å². The summed E-state index contributed by atoms with van der Waals surface area (Å²) in [6.07, 6.45) is 16.2. The highest BCUT2D eigenvalue weighted by molar-refractivity contribution is 5.08. The minimum absolute atomic E-state index is 0.250. The lowest BCUT2D eigenvalue weighted by atomic mass is 9.68. The van der Waals surface area contributed by atoms with Gasteiger partial charge in [0.1, 0.15) is 0 Å². The third-order valence-electron chi connectivity index (χ3n) is 5.93. The second kappa shape index (κ2) is 11.9. The molecule has 1 rings (SSSR count). The summed E-state index contributed by atoms with van der Waals surface area (Å²) in [5, 5.41) is 11.0. The van der Waals surface area contributed by atoms with Gasteiger partial charge in [-0.05, 0) is 68.6 Å². The first-order valence-electron chi connectivity index (χ1n) is 10.5. The van der Waals surface area contributed by atoms with Crippen LogP contribution in [0.5, 0.6) is 0 Å². The van der Waals surface area contributed by atoms with Crippen LogP contribution in [0.2, 0.25) is 0 Å². The van der Waals surface area contributed by atoms with Crippen molar-refractivity contribution in [1.29, 1.82) is 0 Å². The van der Waals surface area contributed by atoms with Crippen molar-refractivity contribution in [2.75, 3.05) is 0 Å². The quantitative estimate of drug-likeness (QED) is 0.321. The SMILES string of the molecule is C=CCCC/C(=C\[C@@H](O)[C@@H]1C[C@H](C)CC[C@H]1C(C)C)CCCCC. The minimum atomic E-state index is -0.250. The maximum atomic E-state index is 11.0. The number of unbranched alkanes of at least 4 members (excludes halogenated alkanes) is 3. The molecule has 0 heterocycles. The van der Waals surface area contributed by atoms with E-state index in [2.05, 4.69) is 40.3 Å². The van der Waals surface area contributed by atoms with Crippen LogP contribution in [0.15, 0.2) is 24.3 Å². The molecule has 0 aliphatic heterocycles. The van der Waals surface area contributed by atoms with E-state index in [1.165, 1.54) is 50.5 Å². The standard InChI is InChI=1S/C23H42O/c1-6-8-10-12-20(13-11-9-7-2)17-23(24)22-16-19(5)14-15-21(22)18(3)4/h6,17-19,21-24H,1,7-16H2,2-5H3/b20-17+/t19-,21+,22-,23-/m1/s1. The molecular formula is C23H42O. The Bertz CT molecular complexity index is 368. The Morgan fingerprint density at radius 2 is 1.83 bits per heavy atom. The zero-order valence-corrected chi connectivity index (χ0v) is 16.8. The van der Waals surface area contributed by atoms with Gasteiger partial charge in [-0.2, -0.15) is 0 Å². The average molecular weight is 335 g/mol. The molecule has 0 unspecified atom stereocenters. The molecule has 1 N–H and O–H groups in total. The molecule has 1 saturated carbocycles. The molecular weight excluding hydrogens is 292 g/mol. The fraction of sp³-hybridized carbons (Fsp3) is 0.826. The van der Waals surface area contributed by atoms with Gasteiger partial charge in [-0.15, -0.1) is 6.58 Å². The van der Waals surface area contributed by atoms with Crippen molar-refractivity contribution in [3.8, 4) is 0 Å². The van der Waals surface area contributed by atoms with Crippen molar-refractivity contribution in [3.63, 3.8) is 0 Å². The van der Waals surface area contributed by atoms with Crippen molar-refractivity contribution in [2.45, 2.75) is 98.0 Å². The summed E-state index contributed by atoms with van der Waals surface area (Å²) in [7, 11) is 0. The third kappa shape index (κ3) is 7.55. The first kappa shape index (κ1) is 21.5. The van der Waals surface area contributed by atoms with Crippen LogP contribution in [0.25, 0.3) is 0 Å². The summed E-state index contributed by atoms with van der Waals surface area (Å²) < 4.78 is 0. The first-order valence-corrected chi connectivity index (χ1v) is 10.5. The van der Waals surface area contributed by atoms with Crippen LogP contribution in [0.3, 0.4) is 0 Å². The predicted octanol–water partition coefficient (Wildman–Crippen LogP) is 6.92. The number of hydrogen-bond donors (Lipinski definition) is 1. The number of rotatable bonds is 11. The van der Waals surface area contributed by atoms with Gasteiger partial charge in [0.05, 0.1) is 6.10 Å². The molecule has 24 heavy (non-hydrogen) atoms. The highest BCUT2D eigenvalue weighted by Gasteiger charge is 2.34. The molecule has 0 spiro atoms. The van der Waals surface area contributed by atoms with Crippen LogP contribution in [-0.4, -0.2) is 11.2 Å². The van der Waals surface area contributed by atoms with Crippen molar-refractivity contribution >= 4 is 0 Å². The van der Waals surface area contributed by atoms with Gasteiger partial charge < -0.3 is 5.11 Å². The van der Waals surface area contributed by atoms with Gasteiger partial charge in [0.25, 0.3) is 0 Å². The van der Waals surface area contributed by atoms with Crippen LogP contribution in [0, 0.1) is 23.7 Å². The molecule has 140 valence electrons. The Morgan fingerprint density at radius 3 is 2.46 bits per heavy atom. The molecule has 0 amide bonds. The van der Waals surface area contributed by atoms with Crippen LogP contribution in [0.4, 0.5) is 0 Å². The maximum Gasteiger partial charge on any atom is 0.0754 e. The zero-order valence-electron chi connectivity index (χ0n) is 16.8. The molecule has 0 aromatic rings.